The predicted molar refractivity (Wildman–Crippen MR) is 101 cm³/mol. The molecule has 0 saturated carbocycles. The first-order valence-corrected chi connectivity index (χ1v) is 9.38. The fourth-order valence-electron chi connectivity index (χ4n) is 3.26. The number of nitrogens with zero attached hydrogens (tertiary/aromatic N) is 6. The molecular formula is C19H23FN6O2. The van der Waals surface area contributed by atoms with Gasteiger partial charge in [-0.3, -0.25) is 4.57 Å². The molecule has 0 aromatic carbocycles. The molecule has 1 saturated heterocycles. The van der Waals surface area contributed by atoms with Gasteiger partial charge in [-0.2, -0.15) is 9.37 Å². The van der Waals surface area contributed by atoms with E-state index >= 15 is 0 Å². The second-order valence-electron chi connectivity index (χ2n) is 6.97. The van der Waals surface area contributed by atoms with Gasteiger partial charge < -0.3 is 14.4 Å². The molecule has 28 heavy (non-hydrogen) atoms. The van der Waals surface area contributed by atoms with Gasteiger partial charge >= 0.3 is 6.01 Å². The first-order chi connectivity index (χ1) is 13.6. The monoisotopic (exact) mass is 386 g/mol. The smallest absolute Gasteiger partial charge is 0.300 e. The Balaban J connectivity index is 1.81. The molecule has 1 aliphatic rings. The highest BCUT2D eigenvalue weighted by Crippen LogP contribution is 2.34. The van der Waals surface area contributed by atoms with E-state index in [4.69, 9.17) is 9.47 Å². The van der Waals surface area contributed by atoms with Crippen LogP contribution in [0.5, 0.6) is 6.01 Å². The van der Waals surface area contributed by atoms with Crippen LogP contribution >= 0.6 is 0 Å². The van der Waals surface area contributed by atoms with Crippen LogP contribution in [-0.4, -0.2) is 63.3 Å². The van der Waals surface area contributed by atoms with E-state index in [0.717, 1.165) is 25.8 Å². The van der Waals surface area contributed by atoms with Crippen molar-refractivity contribution in [3.05, 3.63) is 30.6 Å². The van der Waals surface area contributed by atoms with Gasteiger partial charge in [-0.25, -0.2) is 15.0 Å². The maximum atomic E-state index is 14.3. The molecule has 3 aromatic rings. The molecule has 148 valence electrons. The number of hydrogen-bond donors (Lipinski definition) is 0. The number of imidazole rings is 1. The minimum Gasteiger partial charge on any atom is -0.463 e. The van der Waals surface area contributed by atoms with Crippen LogP contribution in [0.4, 0.5) is 4.39 Å². The van der Waals surface area contributed by atoms with Gasteiger partial charge in [0.15, 0.2) is 5.65 Å². The molecule has 1 unspecified atom stereocenters. The molecule has 3 aromatic heterocycles. The Bertz CT molecular complexity index is 955. The highest BCUT2D eigenvalue weighted by atomic mass is 19.1. The van der Waals surface area contributed by atoms with Crippen LogP contribution in [-0.2, 0) is 4.74 Å². The van der Waals surface area contributed by atoms with Crippen molar-refractivity contribution in [2.75, 3.05) is 33.9 Å². The van der Waals surface area contributed by atoms with E-state index < -0.39 is 5.95 Å². The van der Waals surface area contributed by atoms with E-state index in [9.17, 15) is 4.39 Å². The molecule has 4 rings (SSSR count). The maximum absolute atomic E-state index is 14.3. The SMILES string of the molecule is CN(C)CCOc1nc2c(-c3cccnc3F)ncnc2n1C1CCCCO1. The van der Waals surface area contributed by atoms with Gasteiger partial charge in [0, 0.05) is 19.3 Å². The van der Waals surface area contributed by atoms with Crippen LogP contribution in [0.3, 0.4) is 0 Å². The number of hydrogen-bond acceptors (Lipinski definition) is 7. The van der Waals surface area contributed by atoms with Gasteiger partial charge in [-0.1, -0.05) is 0 Å². The van der Waals surface area contributed by atoms with E-state index in [0.29, 0.717) is 36.1 Å². The molecule has 1 atom stereocenters. The van der Waals surface area contributed by atoms with E-state index in [1.807, 2.05) is 23.6 Å². The molecule has 0 bridgehead atoms. The largest absolute Gasteiger partial charge is 0.463 e. The summed E-state index contributed by atoms with van der Waals surface area (Å²) in [5.74, 6) is -0.596. The summed E-state index contributed by atoms with van der Waals surface area (Å²) in [6.45, 7) is 1.88. The molecule has 9 heteroatoms. The Morgan fingerprint density at radius 1 is 1.29 bits per heavy atom. The molecule has 1 fully saturated rings. The number of rotatable bonds is 6. The first-order valence-electron chi connectivity index (χ1n) is 9.38. The Kier molecular flexibility index (Phi) is 5.45. The topological polar surface area (TPSA) is 78.2 Å². The lowest BCUT2D eigenvalue weighted by Crippen LogP contribution is -2.23. The minimum atomic E-state index is -0.596. The van der Waals surface area contributed by atoms with Crippen molar-refractivity contribution < 1.29 is 13.9 Å². The molecule has 0 radical (unpaired) electrons. The Morgan fingerprint density at radius 3 is 2.93 bits per heavy atom. The Hall–Kier alpha value is -2.65. The molecule has 0 spiro atoms. The first kappa shape index (κ1) is 18.7. The summed E-state index contributed by atoms with van der Waals surface area (Å²) < 4.78 is 28.1. The lowest BCUT2D eigenvalue weighted by molar-refractivity contribution is -0.0343. The molecule has 8 nitrogen and oxygen atoms in total. The van der Waals surface area contributed by atoms with Crippen LogP contribution in [0.15, 0.2) is 24.7 Å². The summed E-state index contributed by atoms with van der Waals surface area (Å²) in [5.41, 5.74) is 1.72. The second kappa shape index (κ2) is 8.15. The van der Waals surface area contributed by atoms with Crippen molar-refractivity contribution in [3.63, 3.8) is 0 Å². The van der Waals surface area contributed by atoms with Crippen molar-refractivity contribution in [3.8, 4) is 17.3 Å². The average molecular weight is 386 g/mol. The third kappa shape index (κ3) is 3.67. The van der Waals surface area contributed by atoms with E-state index in [2.05, 4.69) is 19.9 Å². The number of pyridine rings is 1. The number of likely N-dealkylation sites (N-methyl/N-ethyl adjacent to an activating group) is 1. The van der Waals surface area contributed by atoms with Crippen molar-refractivity contribution in [2.45, 2.75) is 25.5 Å². The van der Waals surface area contributed by atoms with Crippen molar-refractivity contribution in [2.24, 2.45) is 0 Å². The fourth-order valence-corrected chi connectivity index (χ4v) is 3.26. The summed E-state index contributed by atoms with van der Waals surface area (Å²) in [6.07, 6.45) is 5.53. The third-order valence-electron chi connectivity index (χ3n) is 4.67. The van der Waals surface area contributed by atoms with Crippen molar-refractivity contribution in [1.29, 1.82) is 0 Å². The quantitative estimate of drug-likeness (QED) is 0.603. The molecule has 0 N–H and O–H groups in total. The summed E-state index contributed by atoms with van der Waals surface area (Å²) >= 11 is 0. The van der Waals surface area contributed by atoms with Gasteiger partial charge in [0.1, 0.15) is 30.4 Å². The van der Waals surface area contributed by atoms with E-state index in [1.165, 1.54) is 12.5 Å². The highest BCUT2D eigenvalue weighted by Gasteiger charge is 2.26. The number of halogens is 1. The standard InChI is InChI=1S/C19H23FN6O2/c1-25(2)9-11-28-19-24-16-15(13-6-5-8-21-17(13)20)22-12-23-18(16)26(19)14-7-3-4-10-27-14/h5-6,8,12,14H,3-4,7,9-11H2,1-2H3. The molecule has 4 heterocycles. The summed E-state index contributed by atoms with van der Waals surface area (Å²) in [7, 11) is 3.96. The minimum absolute atomic E-state index is 0.213. The van der Waals surface area contributed by atoms with Crippen molar-refractivity contribution >= 4 is 11.2 Å². The van der Waals surface area contributed by atoms with Gasteiger partial charge in [0.2, 0.25) is 5.95 Å². The van der Waals surface area contributed by atoms with E-state index in [-0.39, 0.29) is 11.8 Å². The van der Waals surface area contributed by atoms with Crippen LogP contribution in [0.2, 0.25) is 0 Å². The zero-order valence-corrected chi connectivity index (χ0v) is 16.0. The Labute approximate surface area is 162 Å². The predicted octanol–water partition coefficient (Wildman–Crippen LogP) is 2.67. The molecular weight excluding hydrogens is 363 g/mol. The molecule has 0 aliphatic carbocycles. The van der Waals surface area contributed by atoms with E-state index in [1.54, 1.807) is 12.1 Å². The zero-order valence-electron chi connectivity index (χ0n) is 16.0. The van der Waals surface area contributed by atoms with Gasteiger partial charge in [0.25, 0.3) is 0 Å². The highest BCUT2D eigenvalue weighted by molar-refractivity contribution is 5.87. The molecule has 0 amide bonds. The van der Waals surface area contributed by atoms with Crippen LogP contribution < -0.4 is 4.74 Å². The van der Waals surface area contributed by atoms with Gasteiger partial charge in [0.05, 0.1) is 5.56 Å². The summed E-state index contributed by atoms with van der Waals surface area (Å²) in [4.78, 5) is 19.1. The number of aromatic nitrogens is 5. The van der Waals surface area contributed by atoms with Crippen molar-refractivity contribution in [1.82, 2.24) is 29.4 Å². The lowest BCUT2D eigenvalue weighted by atomic mass is 10.1. The summed E-state index contributed by atoms with van der Waals surface area (Å²) in [6, 6.07) is 3.71. The lowest BCUT2D eigenvalue weighted by Gasteiger charge is -2.25. The van der Waals surface area contributed by atoms with Gasteiger partial charge in [-0.15, -0.1) is 0 Å². The number of ether oxygens (including phenoxy) is 2. The Morgan fingerprint density at radius 2 is 2.18 bits per heavy atom. The molecule has 1 aliphatic heterocycles. The maximum Gasteiger partial charge on any atom is 0.300 e. The second-order valence-corrected chi connectivity index (χ2v) is 6.97. The van der Waals surface area contributed by atoms with Crippen LogP contribution in [0, 0.1) is 5.95 Å². The van der Waals surface area contributed by atoms with Crippen LogP contribution in [0.1, 0.15) is 25.5 Å². The number of fused-ring (bicyclic) bond motifs is 1. The summed E-state index contributed by atoms with van der Waals surface area (Å²) in [5, 5.41) is 0. The fraction of sp³-hybridized carbons (Fsp3) is 0.474. The third-order valence-corrected chi connectivity index (χ3v) is 4.67. The normalized spacial score (nSPS) is 17.4. The average Bonchev–Trinajstić information content (AvgIpc) is 3.07. The van der Waals surface area contributed by atoms with Crippen LogP contribution in [0.25, 0.3) is 22.4 Å². The van der Waals surface area contributed by atoms with Gasteiger partial charge in [-0.05, 0) is 45.5 Å². The zero-order chi connectivity index (χ0) is 19.5.